The van der Waals surface area contributed by atoms with Crippen LogP contribution >= 0.6 is 11.3 Å². The number of amides is 1. The van der Waals surface area contributed by atoms with Gasteiger partial charge in [-0.2, -0.15) is 10.1 Å². The highest BCUT2D eigenvalue weighted by molar-refractivity contribution is 7.16. The molecule has 0 aliphatic carbocycles. The Morgan fingerprint density at radius 2 is 2.21 bits per heavy atom. The molecule has 0 aliphatic heterocycles. The molecule has 3 rings (SSSR count). The lowest BCUT2D eigenvalue weighted by molar-refractivity contribution is 0.0987. The minimum absolute atomic E-state index is 0.269. The summed E-state index contributed by atoms with van der Waals surface area (Å²) in [5, 5.41) is 4.14. The van der Waals surface area contributed by atoms with Gasteiger partial charge in [0.1, 0.15) is 5.69 Å². The number of rotatable bonds is 5. The van der Waals surface area contributed by atoms with Gasteiger partial charge in [0.2, 0.25) is 0 Å². The Hall–Kier alpha value is -2.47. The van der Waals surface area contributed by atoms with Crippen LogP contribution in [0.25, 0.3) is 10.2 Å². The molecule has 0 spiro atoms. The first kappa shape index (κ1) is 16.4. The number of nitrogens with zero attached hydrogens (tertiary/aromatic N) is 4. The largest absolute Gasteiger partial charge is 0.312 e. The van der Waals surface area contributed by atoms with Crippen molar-refractivity contribution in [2.24, 2.45) is 4.99 Å². The molecule has 2 aromatic heterocycles. The van der Waals surface area contributed by atoms with Gasteiger partial charge in [-0.1, -0.05) is 30.4 Å². The molecule has 0 N–H and O–H groups in total. The van der Waals surface area contributed by atoms with Crippen molar-refractivity contribution >= 4 is 27.5 Å². The summed E-state index contributed by atoms with van der Waals surface area (Å²) in [5.74, 6) is -0.269. The maximum atomic E-state index is 12.6. The number of allylic oxidation sites excluding steroid dienone is 1. The summed E-state index contributed by atoms with van der Waals surface area (Å²) in [6, 6.07) is 8.08. The van der Waals surface area contributed by atoms with Crippen LogP contribution < -0.4 is 4.80 Å². The standard InChI is InChI=1S/C18H20N4OS/c1-4-11-21-14-8-7-13(5-2)12-16(14)24-18(21)20-17(23)15-9-10-19-22(15)6-3/h4,7-10,12H,1,5-6,11H2,2-3H3. The van der Waals surface area contributed by atoms with E-state index in [0.717, 1.165) is 16.6 Å². The molecule has 1 aromatic carbocycles. The van der Waals surface area contributed by atoms with Gasteiger partial charge in [0, 0.05) is 19.3 Å². The number of hydrogen-bond donors (Lipinski definition) is 0. The molecule has 0 bridgehead atoms. The van der Waals surface area contributed by atoms with E-state index < -0.39 is 0 Å². The summed E-state index contributed by atoms with van der Waals surface area (Å²) < 4.78 is 4.81. The fourth-order valence-corrected chi connectivity index (χ4v) is 3.74. The fourth-order valence-electron chi connectivity index (χ4n) is 2.64. The summed E-state index contributed by atoms with van der Waals surface area (Å²) in [7, 11) is 0. The van der Waals surface area contributed by atoms with Crippen molar-refractivity contribution in [2.45, 2.75) is 33.4 Å². The van der Waals surface area contributed by atoms with Crippen LogP contribution in [-0.2, 0) is 19.5 Å². The monoisotopic (exact) mass is 340 g/mol. The van der Waals surface area contributed by atoms with Crippen molar-refractivity contribution in [1.29, 1.82) is 0 Å². The van der Waals surface area contributed by atoms with E-state index in [1.54, 1.807) is 16.9 Å². The van der Waals surface area contributed by atoms with Gasteiger partial charge in [0.15, 0.2) is 4.80 Å². The van der Waals surface area contributed by atoms with Gasteiger partial charge in [-0.3, -0.25) is 9.48 Å². The highest BCUT2D eigenvalue weighted by Crippen LogP contribution is 2.20. The molecule has 124 valence electrons. The second-order valence-corrected chi connectivity index (χ2v) is 6.40. The number of thiazole rings is 1. The average molecular weight is 340 g/mol. The SMILES string of the molecule is C=CCn1c(=NC(=O)c2ccnn2CC)sc2cc(CC)ccc21. The van der Waals surface area contributed by atoms with E-state index in [1.165, 1.54) is 16.9 Å². The maximum absolute atomic E-state index is 12.6. The predicted octanol–water partition coefficient (Wildman–Crippen LogP) is 3.41. The van der Waals surface area contributed by atoms with E-state index in [4.69, 9.17) is 0 Å². The van der Waals surface area contributed by atoms with E-state index in [9.17, 15) is 4.79 Å². The van der Waals surface area contributed by atoms with E-state index >= 15 is 0 Å². The van der Waals surface area contributed by atoms with E-state index in [1.807, 2.05) is 17.6 Å². The number of aromatic nitrogens is 3. The summed E-state index contributed by atoms with van der Waals surface area (Å²) in [6.45, 7) is 9.16. The van der Waals surface area contributed by atoms with Crippen LogP contribution in [0.5, 0.6) is 0 Å². The molecule has 0 saturated carbocycles. The lowest BCUT2D eigenvalue weighted by Gasteiger charge is -2.02. The summed E-state index contributed by atoms with van der Waals surface area (Å²) in [6.07, 6.45) is 4.43. The molecule has 0 radical (unpaired) electrons. The lowest BCUT2D eigenvalue weighted by atomic mass is 10.2. The topological polar surface area (TPSA) is 52.2 Å². The number of aryl methyl sites for hydroxylation is 2. The smallest absolute Gasteiger partial charge is 0.297 e. The van der Waals surface area contributed by atoms with Crippen molar-refractivity contribution < 1.29 is 4.79 Å². The minimum atomic E-state index is -0.269. The molecule has 0 aliphatic rings. The quantitative estimate of drug-likeness (QED) is 0.668. The lowest BCUT2D eigenvalue weighted by Crippen LogP contribution is -2.17. The average Bonchev–Trinajstić information content (AvgIpc) is 3.19. The Balaban J connectivity index is 2.15. The van der Waals surface area contributed by atoms with Crippen molar-refractivity contribution in [2.75, 3.05) is 0 Å². The van der Waals surface area contributed by atoms with E-state index in [0.29, 0.717) is 23.6 Å². The van der Waals surface area contributed by atoms with Crippen molar-refractivity contribution in [1.82, 2.24) is 14.3 Å². The summed E-state index contributed by atoms with van der Waals surface area (Å²) in [4.78, 5) is 17.6. The molecular weight excluding hydrogens is 320 g/mol. The number of hydrogen-bond acceptors (Lipinski definition) is 3. The maximum Gasteiger partial charge on any atom is 0.297 e. The minimum Gasteiger partial charge on any atom is -0.312 e. The van der Waals surface area contributed by atoms with Crippen molar-refractivity contribution in [3.8, 4) is 0 Å². The van der Waals surface area contributed by atoms with Crippen LogP contribution in [-0.4, -0.2) is 20.3 Å². The molecule has 24 heavy (non-hydrogen) atoms. The Bertz CT molecular complexity index is 961. The Morgan fingerprint density at radius 1 is 1.38 bits per heavy atom. The molecule has 5 nitrogen and oxygen atoms in total. The van der Waals surface area contributed by atoms with Crippen molar-refractivity contribution in [3.05, 3.63) is 59.2 Å². The number of benzene rings is 1. The second-order valence-electron chi connectivity index (χ2n) is 5.39. The molecule has 3 aromatic rings. The molecule has 0 fully saturated rings. The van der Waals surface area contributed by atoms with Crippen LogP contribution in [0.3, 0.4) is 0 Å². The Labute approximate surface area is 144 Å². The first-order valence-corrected chi connectivity index (χ1v) is 8.83. The highest BCUT2D eigenvalue weighted by atomic mass is 32.1. The van der Waals surface area contributed by atoms with Gasteiger partial charge in [-0.05, 0) is 37.1 Å². The van der Waals surface area contributed by atoms with E-state index in [-0.39, 0.29) is 5.91 Å². The van der Waals surface area contributed by atoms with E-state index in [2.05, 4.69) is 41.8 Å². The van der Waals surface area contributed by atoms with Crippen LogP contribution in [0.2, 0.25) is 0 Å². The van der Waals surface area contributed by atoms with Crippen LogP contribution in [0.4, 0.5) is 0 Å². The van der Waals surface area contributed by atoms with Gasteiger partial charge in [-0.15, -0.1) is 6.58 Å². The normalized spacial score (nSPS) is 12.0. The molecule has 6 heteroatoms. The zero-order chi connectivity index (χ0) is 17.1. The molecule has 0 atom stereocenters. The highest BCUT2D eigenvalue weighted by Gasteiger charge is 2.12. The Morgan fingerprint density at radius 3 is 2.92 bits per heavy atom. The molecular formula is C18H20N4OS. The predicted molar refractivity (Wildman–Crippen MR) is 97.2 cm³/mol. The summed E-state index contributed by atoms with van der Waals surface area (Å²) in [5.41, 5.74) is 2.86. The second kappa shape index (κ2) is 6.97. The van der Waals surface area contributed by atoms with Crippen molar-refractivity contribution in [3.63, 3.8) is 0 Å². The van der Waals surface area contributed by atoms with Crippen LogP contribution in [0.15, 0.2) is 48.1 Å². The zero-order valence-corrected chi connectivity index (χ0v) is 14.7. The van der Waals surface area contributed by atoms with Gasteiger partial charge in [0.25, 0.3) is 5.91 Å². The first-order valence-electron chi connectivity index (χ1n) is 8.02. The molecule has 2 heterocycles. The van der Waals surface area contributed by atoms with Crippen LogP contribution in [0, 0.1) is 0 Å². The van der Waals surface area contributed by atoms with Gasteiger partial charge in [0.05, 0.1) is 10.2 Å². The Kier molecular flexibility index (Phi) is 4.76. The number of carbonyl (C=O) groups excluding carboxylic acids is 1. The molecule has 0 unspecified atom stereocenters. The van der Waals surface area contributed by atoms with Gasteiger partial charge in [-0.25, -0.2) is 0 Å². The molecule has 1 amide bonds. The van der Waals surface area contributed by atoms with Gasteiger partial charge < -0.3 is 4.57 Å². The first-order chi connectivity index (χ1) is 11.7. The summed E-state index contributed by atoms with van der Waals surface area (Å²) >= 11 is 1.53. The number of carbonyl (C=O) groups is 1. The third-order valence-electron chi connectivity index (χ3n) is 3.90. The van der Waals surface area contributed by atoms with Crippen LogP contribution in [0.1, 0.15) is 29.9 Å². The third-order valence-corrected chi connectivity index (χ3v) is 4.94. The zero-order valence-electron chi connectivity index (χ0n) is 13.9. The fraction of sp³-hybridized carbons (Fsp3) is 0.278. The number of fused-ring (bicyclic) bond motifs is 1. The third kappa shape index (κ3) is 2.97. The van der Waals surface area contributed by atoms with Gasteiger partial charge >= 0.3 is 0 Å². The molecule has 0 saturated heterocycles.